The van der Waals surface area contributed by atoms with Crippen LogP contribution in [0.2, 0.25) is 0 Å². The molecule has 0 radical (unpaired) electrons. The lowest BCUT2D eigenvalue weighted by Gasteiger charge is -2.41. The Morgan fingerprint density at radius 3 is 2.92 bits per heavy atom. The highest BCUT2D eigenvalue weighted by Gasteiger charge is 2.62. The molecule has 0 aromatic carbocycles. The summed E-state index contributed by atoms with van der Waals surface area (Å²) in [5.74, 6) is -1.09. The fourth-order valence-electron chi connectivity index (χ4n) is 2.36. The smallest absolute Gasteiger partial charge is 0.314 e. The second-order valence-corrected chi connectivity index (χ2v) is 3.88. The third-order valence-corrected chi connectivity index (χ3v) is 3.10. The largest absolute Gasteiger partial charge is 0.469 e. The molecule has 2 fully saturated rings. The first-order valence-electron chi connectivity index (χ1n) is 4.39. The summed E-state index contributed by atoms with van der Waals surface area (Å²) in [7, 11) is 1.35. The minimum absolute atomic E-state index is 0.254. The van der Waals surface area contributed by atoms with Gasteiger partial charge in [0.1, 0.15) is 11.5 Å². The quantitative estimate of drug-likeness (QED) is 0.557. The minimum Gasteiger partial charge on any atom is -0.469 e. The molecule has 1 heterocycles. The van der Waals surface area contributed by atoms with E-state index in [0.29, 0.717) is 6.42 Å². The fourth-order valence-corrected chi connectivity index (χ4v) is 2.36. The van der Waals surface area contributed by atoms with Gasteiger partial charge in [-0.05, 0) is 19.8 Å². The average Bonchev–Trinajstić information content (AvgIpc) is 2.36. The average molecular weight is 184 g/mol. The van der Waals surface area contributed by atoms with Gasteiger partial charge in [0.25, 0.3) is 0 Å². The Kier molecular flexibility index (Phi) is 1.62. The van der Waals surface area contributed by atoms with Gasteiger partial charge in [0.15, 0.2) is 0 Å². The van der Waals surface area contributed by atoms with Crippen molar-refractivity contribution in [2.24, 2.45) is 11.8 Å². The fraction of sp³-hybridized carbons (Fsp3) is 0.778. The number of rotatable bonds is 1. The summed E-state index contributed by atoms with van der Waals surface area (Å²) in [5, 5.41) is 0. The van der Waals surface area contributed by atoms with Gasteiger partial charge in [-0.1, -0.05) is 0 Å². The van der Waals surface area contributed by atoms with Crippen molar-refractivity contribution >= 4 is 11.9 Å². The molecule has 4 nitrogen and oxygen atoms in total. The predicted molar refractivity (Wildman–Crippen MR) is 42.7 cm³/mol. The summed E-state index contributed by atoms with van der Waals surface area (Å²) >= 11 is 0. The maximum atomic E-state index is 11.3. The third-order valence-electron chi connectivity index (χ3n) is 3.10. The first-order chi connectivity index (χ1) is 6.08. The molecule has 3 atom stereocenters. The summed E-state index contributed by atoms with van der Waals surface area (Å²) in [5.41, 5.74) is -0.393. The molecule has 0 aromatic heterocycles. The zero-order valence-corrected chi connectivity index (χ0v) is 7.70. The Labute approximate surface area is 76.2 Å². The molecular weight excluding hydrogens is 172 g/mol. The zero-order valence-electron chi connectivity index (χ0n) is 7.70. The van der Waals surface area contributed by atoms with Crippen LogP contribution >= 0.6 is 0 Å². The summed E-state index contributed by atoms with van der Waals surface area (Å²) in [6.45, 7) is 1.88. The van der Waals surface area contributed by atoms with E-state index in [1.807, 2.05) is 6.92 Å². The van der Waals surface area contributed by atoms with Gasteiger partial charge in [-0.2, -0.15) is 0 Å². The SMILES string of the molecule is COC(=O)[C@@H]1CC[C@@]2(C)OC(=O)[C@@H]12. The van der Waals surface area contributed by atoms with Gasteiger partial charge in [-0.25, -0.2) is 0 Å². The Morgan fingerprint density at radius 1 is 1.69 bits per heavy atom. The molecule has 1 aliphatic heterocycles. The molecule has 1 aliphatic carbocycles. The highest BCUT2D eigenvalue weighted by Crippen LogP contribution is 2.50. The Balaban J connectivity index is 2.17. The van der Waals surface area contributed by atoms with Crippen molar-refractivity contribution in [2.45, 2.75) is 25.4 Å². The van der Waals surface area contributed by atoms with Gasteiger partial charge in [0, 0.05) is 0 Å². The maximum Gasteiger partial charge on any atom is 0.314 e. The Hall–Kier alpha value is -1.06. The van der Waals surface area contributed by atoms with Crippen LogP contribution in [-0.2, 0) is 19.1 Å². The number of carbonyl (C=O) groups is 2. The molecule has 0 amide bonds. The number of hydrogen-bond donors (Lipinski definition) is 0. The van der Waals surface area contributed by atoms with Crippen molar-refractivity contribution in [1.29, 1.82) is 0 Å². The molecule has 0 aromatic rings. The molecule has 13 heavy (non-hydrogen) atoms. The first kappa shape index (κ1) is 8.53. The lowest BCUT2D eigenvalue weighted by molar-refractivity contribution is -0.208. The molecule has 0 spiro atoms. The van der Waals surface area contributed by atoms with Crippen LogP contribution in [0, 0.1) is 11.8 Å². The Morgan fingerprint density at radius 2 is 2.38 bits per heavy atom. The molecule has 2 aliphatic rings. The molecule has 0 unspecified atom stereocenters. The molecule has 2 rings (SSSR count). The molecule has 4 heteroatoms. The van der Waals surface area contributed by atoms with Gasteiger partial charge in [0.05, 0.1) is 13.0 Å². The van der Waals surface area contributed by atoms with E-state index in [-0.39, 0.29) is 23.8 Å². The van der Waals surface area contributed by atoms with Gasteiger partial charge in [-0.3, -0.25) is 9.59 Å². The molecule has 1 saturated heterocycles. The van der Waals surface area contributed by atoms with E-state index in [1.54, 1.807) is 0 Å². The molecule has 0 N–H and O–H groups in total. The highest BCUT2D eigenvalue weighted by molar-refractivity contribution is 5.88. The molecule has 0 bridgehead atoms. The van der Waals surface area contributed by atoms with Crippen LogP contribution in [0.4, 0.5) is 0 Å². The lowest BCUT2D eigenvalue weighted by atomic mass is 9.82. The number of fused-ring (bicyclic) bond motifs is 1. The summed E-state index contributed by atoms with van der Waals surface area (Å²) in [4.78, 5) is 22.4. The number of carbonyl (C=O) groups excluding carboxylic acids is 2. The van der Waals surface area contributed by atoms with Crippen molar-refractivity contribution in [3.63, 3.8) is 0 Å². The first-order valence-corrected chi connectivity index (χ1v) is 4.39. The monoisotopic (exact) mass is 184 g/mol. The number of esters is 2. The zero-order chi connectivity index (χ0) is 9.64. The summed E-state index contributed by atoms with van der Waals surface area (Å²) in [6.07, 6.45) is 1.46. The van der Waals surface area contributed by atoms with Crippen molar-refractivity contribution in [3.8, 4) is 0 Å². The van der Waals surface area contributed by atoms with E-state index in [9.17, 15) is 9.59 Å². The number of hydrogen-bond acceptors (Lipinski definition) is 4. The van der Waals surface area contributed by atoms with Crippen LogP contribution < -0.4 is 0 Å². The van der Waals surface area contributed by atoms with Crippen LogP contribution in [0.25, 0.3) is 0 Å². The lowest BCUT2D eigenvalue weighted by Crippen LogP contribution is -2.54. The standard InChI is InChI=1S/C9H12O4/c1-9-4-3-5(7(10)12-2)6(9)8(11)13-9/h5-6H,3-4H2,1-2H3/t5-,6-,9-/m1/s1. The third kappa shape index (κ3) is 0.975. The highest BCUT2D eigenvalue weighted by atomic mass is 16.6. The topological polar surface area (TPSA) is 52.6 Å². The van der Waals surface area contributed by atoms with E-state index in [0.717, 1.165) is 6.42 Å². The van der Waals surface area contributed by atoms with E-state index in [1.165, 1.54) is 7.11 Å². The van der Waals surface area contributed by atoms with E-state index in [4.69, 9.17) is 4.74 Å². The van der Waals surface area contributed by atoms with Crippen LogP contribution in [-0.4, -0.2) is 24.6 Å². The maximum absolute atomic E-state index is 11.3. The summed E-state index contributed by atoms with van der Waals surface area (Å²) in [6, 6.07) is 0. The van der Waals surface area contributed by atoms with Crippen molar-refractivity contribution in [2.75, 3.05) is 7.11 Å². The summed E-state index contributed by atoms with van der Waals surface area (Å²) < 4.78 is 9.66. The second-order valence-electron chi connectivity index (χ2n) is 3.88. The minimum atomic E-state index is -0.393. The van der Waals surface area contributed by atoms with Gasteiger partial charge in [0.2, 0.25) is 0 Å². The van der Waals surface area contributed by atoms with Gasteiger partial charge < -0.3 is 9.47 Å². The van der Waals surface area contributed by atoms with Crippen LogP contribution in [0.3, 0.4) is 0 Å². The van der Waals surface area contributed by atoms with E-state index < -0.39 is 5.60 Å². The predicted octanol–water partition coefficient (Wildman–Crippen LogP) is 0.501. The van der Waals surface area contributed by atoms with E-state index in [2.05, 4.69) is 4.74 Å². The molecule has 72 valence electrons. The number of ether oxygens (including phenoxy) is 2. The molecular formula is C9H12O4. The van der Waals surface area contributed by atoms with Crippen molar-refractivity contribution < 1.29 is 19.1 Å². The second kappa shape index (κ2) is 2.47. The van der Waals surface area contributed by atoms with E-state index >= 15 is 0 Å². The van der Waals surface area contributed by atoms with Crippen LogP contribution in [0.15, 0.2) is 0 Å². The van der Waals surface area contributed by atoms with Crippen LogP contribution in [0.1, 0.15) is 19.8 Å². The van der Waals surface area contributed by atoms with Gasteiger partial charge >= 0.3 is 11.9 Å². The Bertz CT molecular complexity index is 273. The van der Waals surface area contributed by atoms with Crippen LogP contribution in [0.5, 0.6) is 0 Å². The molecule has 1 saturated carbocycles. The van der Waals surface area contributed by atoms with Gasteiger partial charge in [-0.15, -0.1) is 0 Å². The van der Waals surface area contributed by atoms with Crippen molar-refractivity contribution in [3.05, 3.63) is 0 Å². The normalized spacial score (nSPS) is 41.8. The number of methoxy groups -OCH3 is 1. The van der Waals surface area contributed by atoms with Crippen molar-refractivity contribution in [1.82, 2.24) is 0 Å².